The zero-order chi connectivity index (χ0) is 26.3. The minimum Gasteiger partial charge on any atom is -0.487 e. The molecule has 1 amide bonds. The number of benzene rings is 1. The minimum absolute atomic E-state index is 0.136. The Labute approximate surface area is 213 Å². The van der Waals surface area contributed by atoms with Crippen LogP contribution in [0.25, 0.3) is 0 Å². The first-order chi connectivity index (χ1) is 17.0. The minimum atomic E-state index is -5.08. The molecule has 1 fully saturated rings. The molecule has 1 unspecified atom stereocenters. The Bertz CT molecular complexity index is 1000. The van der Waals surface area contributed by atoms with Gasteiger partial charge in [0, 0.05) is 38.5 Å². The SMILES string of the molecule is CC(C)CNC(=O)CC1CC2(CCN(Cc3ccsc3)CC2)Oc2ccccc21.O=C(O)C(F)(F)F. The summed E-state index contributed by atoms with van der Waals surface area (Å²) in [6.07, 6.45) is -1.55. The Hall–Kier alpha value is -2.59. The van der Waals surface area contributed by atoms with Crippen molar-refractivity contribution < 1.29 is 32.6 Å². The Morgan fingerprint density at radius 3 is 2.47 bits per heavy atom. The second kappa shape index (κ2) is 12.1. The maximum Gasteiger partial charge on any atom is 0.490 e. The van der Waals surface area contributed by atoms with Crippen molar-refractivity contribution in [1.82, 2.24) is 10.2 Å². The highest BCUT2D eigenvalue weighted by Gasteiger charge is 2.43. The van der Waals surface area contributed by atoms with Gasteiger partial charge in [-0.15, -0.1) is 0 Å². The Balaban J connectivity index is 0.000000454. The van der Waals surface area contributed by atoms with E-state index in [4.69, 9.17) is 14.6 Å². The van der Waals surface area contributed by atoms with E-state index in [1.807, 2.05) is 6.07 Å². The average molecular weight is 527 g/mol. The number of thiophene rings is 1. The first-order valence-electron chi connectivity index (χ1n) is 12.1. The van der Waals surface area contributed by atoms with Crippen molar-refractivity contribution >= 4 is 23.2 Å². The maximum absolute atomic E-state index is 12.6. The van der Waals surface area contributed by atoms with E-state index in [9.17, 15) is 18.0 Å². The van der Waals surface area contributed by atoms with Gasteiger partial charge in [-0.2, -0.15) is 24.5 Å². The molecule has 0 aliphatic carbocycles. The van der Waals surface area contributed by atoms with Crippen molar-refractivity contribution in [1.29, 1.82) is 0 Å². The van der Waals surface area contributed by atoms with Crippen LogP contribution in [0.1, 0.15) is 56.6 Å². The number of hydrogen-bond acceptors (Lipinski definition) is 5. The number of nitrogens with one attached hydrogen (secondary N) is 1. The molecule has 36 heavy (non-hydrogen) atoms. The van der Waals surface area contributed by atoms with Gasteiger partial charge in [0.1, 0.15) is 11.4 Å². The lowest BCUT2D eigenvalue weighted by molar-refractivity contribution is -0.192. The summed E-state index contributed by atoms with van der Waals surface area (Å²) in [5, 5.41) is 14.6. The highest BCUT2D eigenvalue weighted by Crippen LogP contribution is 2.46. The highest BCUT2D eigenvalue weighted by atomic mass is 32.1. The van der Waals surface area contributed by atoms with Crippen LogP contribution >= 0.6 is 11.3 Å². The number of carbonyl (C=O) groups excluding carboxylic acids is 1. The summed E-state index contributed by atoms with van der Waals surface area (Å²) in [5.41, 5.74) is 2.46. The summed E-state index contributed by atoms with van der Waals surface area (Å²) in [6.45, 7) is 8.12. The topological polar surface area (TPSA) is 78.9 Å². The molecule has 1 aromatic heterocycles. The lowest BCUT2D eigenvalue weighted by Crippen LogP contribution is -2.50. The van der Waals surface area contributed by atoms with E-state index in [0.29, 0.717) is 12.3 Å². The number of rotatable bonds is 6. The number of carboxylic acids is 1. The third kappa shape index (κ3) is 7.96. The molecule has 1 aromatic carbocycles. The Morgan fingerprint density at radius 2 is 1.89 bits per heavy atom. The number of likely N-dealkylation sites (tertiary alicyclic amines) is 1. The van der Waals surface area contributed by atoms with E-state index in [2.05, 4.69) is 59.1 Å². The second-order valence-corrected chi connectivity index (χ2v) is 10.6. The summed E-state index contributed by atoms with van der Waals surface area (Å²) < 4.78 is 38.3. The van der Waals surface area contributed by atoms with Crippen molar-refractivity contribution in [2.45, 2.75) is 63.8 Å². The van der Waals surface area contributed by atoms with Gasteiger partial charge in [-0.3, -0.25) is 9.69 Å². The number of amides is 1. The van der Waals surface area contributed by atoms with Gasteiger partial charge in [0.15, 0.2) is 0 Å². The summed E-state index contributed by atoms with van der Waals surface area (Å²) in [7, 11) is 0. The third-order valence-corrected chi connectivity index (χ3v) is 7.17. The van der Waals surface area contributed by atoms with Crippen LogP contribution in [-0.2, 0) is 16.1 Å². The van der Waals surface area contributed by atoms with Crippen molar-refractivity contribution in [2.24, 2.45) is 5.92 Å². The molecular weight excluding hydrogens is 493 g/mol. The number of piperidine rings is 1. The third-order valence-electron chi connectivity index (χ3n) is 6.44. The molecule has 2 aliphatic heterocycles. The largest absolute Gasteiger partial charge is 0.490 e. The van der Waals surface area contributed by atoms with Gasteiger partial charge in [0.25, 0.3) is 0 Å². The number of hydrogen-bond donors (Lipinski definition) is 2. The van der Waals surface area contributed by atoms with E-state index in [0.717, 1.165) is 51.2 Å². The number of ether oxygens (including phenoxy) is 1. The van der Waals surface area contributed by atoms with Crippen LogP contribution < -0.4 is 10.1 Å². The number of carboxylic acid groups (broad SMARTS) is 1. The smallest absolute Gasteiger partial charge is 0.487 e. The highest BCUT2D eigenvalue weighted by molar-refractivity contribution is 7.07. The van der Waals surface area contributed by atoms with E-state index < -0.39 is 12.1 Å². The quantitative estimate of drug-likeness (QED) is 0.524. The molecule has 1 spiro atoms. The summed E-state index contributed by atoms with van der Waals surface area (Å²) in [5.74, 6) is -0.917. The first-order valence-corrected chi connectivity index (χ1v) is 13.0. The molecule has 0 radical (unpaired) electrons. The van der Waals surface area contributed by atoms with E-state index >= 15 is 0 Å². The van der Waals surface area contributed by atoms with Crippen molar-refractivity contribution in [3.8, 4) is 5.75 Å². The zero-order valence-corrected chi connectivity index (χ0v) is 21.3. The molecule has 198 valence electrons. The maximum atomic E-state index is 12.6. The number of aliphatic carboxylic acids is 1. The molecule has 6 nitrogen and oxygen atoms in total. The van der Waals surface area contributed by atoms with Gasteiger partial charge in [-0.1, -0.05) is 32.0 Å². The molecule has 0 saturated carbocycles. The Morgan fingerprint density at radius 1 is 1.22 bits per heavy atom. The fraction of sp³-hybridized carbons (Fsp3) is 0.538. The molecule has 0 bridgehead atoms. The van der Waals surface area contributed by atoms with Gasteiger partial charge >= 0.3 is 12.1 Å². The predicted octanol–water partition coefficient (Wildman–Crippen LogP) is 5.44. The van der Waals surface area contributed by atoms with Gasteiger partial charge in [0.2, 0.25) is 5.91 Å². The van der Waals surface area contributed by atoms with E-state index in [1.165, 1.54) is 11.1 Å². The van der Waals surface area contributed by atoms with Crippen LogP contribution in [0.4, 0.5) is 13.2 Å². The standard InChI is InChI=1S/C24H32N2O2S.C2HF3O2/c1-18(2)15-25-23(27)13-20-14-24(28-22-6-4-3-5-21(20)22)8-10-26(11-9-24)16-19-7-12-29-17-19;3-2(4,5)1(6)7/h3-7,12,17-18,20H,8-11,13-16H2,1-2H3,(H,25,27);(H,6,7). The van der Waals surface area contributed by atoms with Crippen LogP contribution in [0.3, 0.4) is 0 Å². The zero-order valence-electron chi connectivity index (χ0n) is 20.5. The predicted molar refractivity (Wildman–Crippen MR) is 132 cm³/mol. The molecule has 3 heterocycles. The lowest BCUT2D eigenvalue weighted by Gasteiger charge is -2.47. The number of carbonyl (C=O) groups is 2. The van der Waals surface area contributed by atoms with Gasteiger partial charge in [0.05, 0.1) is 0 Å². The molecule has 2 N–H and O–H groups in total. The summed E-state index contributed by atoms with van der Waals surface area (Å²) in [6, 6.07) is 10.5. The number of para-hydroxylation sites is 1. The molecule has 4 rings (SSSR count). The molecule has 1 saturated heterocycles. The fourth-order valence-electron chi connectivity index (χ4n) is 4.61. The molecule has 2 aromatic rings. The van der Waals surface area contributed by atoms with Gasteiger partial charge in [-0.05, 0) is 59.2 Å². The second-order valence-electron chi connectivity index (χ2n) is 9.84. The van der Waals surface area contributed by atoms with E-state index in [-0.39, 0.29) is 17.4 Å². The van der Waals surface area contributed by atoms with Crippen molar-refractivity contribution in [2.75, 3.05) is 19.6 Å². The van der Waals surface area contributed by atoms with Crippen LogP contribution in [0.2, 0.25) is 0 Å². The van der Waals surface area contributed by atoms with Crippen LogP contribution in [0.15, 0.2) is 41.1 Å². The number of alkyl halides is 3. The lowest BCUT2D eigenvalue weighted by atomic mass is 9.76. The van der Waals surface area contributed by atoms with Gasteiger partial charge in [-0.25, -0.2) is 4.79 Å². The van der Waals surface area contributed by atoms with Crippen molar-refractivity contribution in [3.63, 3.8) is 0 Å². The monoisotopic (exact) mass is 526 g/mol. The van der Waals surface area contributed by atoms with E-state index in [1.54, 1.807) is 11.3 Å². The number of nitrogens with zero attached hydrogens (tertiary/aromatic N) is 1. The number of fused-ring (bicyclic) bond motifs is 1. The summed E-state index contributed by atoms with van der Waals surface area (Å²) >= 11 is 1.76. The number of halogens is 3. The Kier molecular flexibility index (Phi) is 9.41. The average Bonchev–Trinajstić information content (AvgIpc) is 3.32. The van der Waals surface area contributed by atoms with Crippen LogP contribution in [0, 0.1) is 5.92 Å². The van der Waals surface area contributed by atoms with Crippen molar-refractivity contribution in [3.05, 3.63) is 52.2 Å². The summed E-state index contributed by atoms with van der Waals surface area (Å²) in [4.78, 5) is 24.0. The first kappa shape index (κ1) is 28.0. The fourth-order valence-corrected chi connectivity index (χ4v) is 5.27. The van der Waals surface area contributed by atoms with Crippen LogP contribution in [0.5, 0.6) is 5.75 Å². The molecule has 2 aliphatic rings. The van der Waals surface area contributed by atoms with Crippen LogP contribution in [-0.4, -0.2) is 53.3 Å². The molecule has 1 atom stereocenters. The normalized spacial score (nSPS) is 19.1. The van der Waals surface area contributed by atoms with Gasteiger partial charge < -0.3 is 15.2 Å². The molecule has 10 heteroatoms. The molecular formula is C26H33F3N2O4S.